The van der Waals surface area contributed by atoms with E-state index in [9.17, 15) is 9.90 Å². The minimum atomic E-state index is -0.0710. The van der Waals surface area contributed by atoms with Crippen LogP contribution in [0.15, 0.2) is 11.6 Å². The lowest BCUT2D eigenvalue weighted by Gasteiger charge is -2.53. The van der Waals surface area contributed by atoms with Gasteiger partial charge in [-0.15, -0.1) is 0 Å². The van der Waals surface area contributed by atoms with Crippen molar-refractivity contribution in [3.63, 3.8) is 0 Å². The van der Waals surface area contributed by atoms with Gasteiger partial charge in [-0.2, -0.15) is 0 Å². The predicted octanol–water partition coefficient (Wildman–Crippen LogP) is 3.49. The second-order valence-electron chi connectivity index (χ2n) is 7.94. The van der Waals surface area contributed by atoms with E-state index in [1.807, 2.05) is 6.08 Å². The fourth-order valence-corrected chi connectivity index (χ4v) is 6.15. The van der Waals surface area contributed by atoms with Crippen LogP contribution in [0.25, 0.3) is 0 Å². The molecule has 4 aliphatic carbocycles. The van der Waals surface area contributed by atoms with Crippen molar-refractivity contribution in [3.05, 3.63) is 11.6 Å². The van der Waals surface area contributed by atoms with Gasteiger partial charge in [-0.3, -0.25) is 4.79 Å². The summed E-state index contributed by atoms with van der Waals surface area (Å²) < 4.78 is 0. The largest absolute Gasteiger partial charge is 0.393 e. The molecule has 0 heterocycles. The lowest BCUT2D eigenvalue weighted by molar-refractivity contribution is -0.116. The zero-order valence-corrected chi connectivity index (χ0v) is 12.5. The molecule has 3 fully saturated rings. The monoisotopic (exact) mass is 274 g/mol. The Balaban J connectivity index is 1.63. The first-order valence-electron chi connectivity index (χ1n) is 8.51. The summed E-state index contributed by atoms with van der Waals surface area (Å²) in [5, 5.41) is 10.4. The molecular formula is C18H26O2. The average Bonchev–Trinajstić information content (AvgIpc) is 2.74. The standard InChI is InChI=1S/C18H26O2/c1-18-9-8-14-13-5-3-12(19)10-11(13)2-4-15(14)16(18)6-7-17(18)20/h10,13-17,20H,2-9H2,1H3/t13-,14-,15+,16-,17+,18-/m0/s1. The van der Waals surface area contributed by atoms with Gasteiger partial charge in [0, 0.05) is 6.42 Å². The first-order valence-corrected chi connectivity index (χ1v) is 8.51. The van der Waals surface area contributed by atoms with Gasteiger partial charge in [0.15, 0.2) is 5.78 Å². The van der Waals surface area contributed by atoms with Crippen LogP contribution in [0.2, 0.25) is 0 Å². The Labute approximate surface area is 121 Å². The molecule has 2 nitrogen and oxygen atoms in total. The van der Waals surface area contributed by atoms with Crippen LogP contribution in [-0.2, 0) is 4.79 Å². The van der Waals surface area contributed by atoms with Gasteiger partial charge in [0.1, 0.15) is 0 Å². The SMILES string of the molecule is C[C@]12CC[C@@H]3[C@@H](CCC4=CC(=O)CC[C@@H]43)[C@@H]1CC[C@H]2O. The normalized spacial score (nSPS) is 51.0. The van der Waals surface area contributed by atoms with Gasteiger partial charge in [0.05, 0.1) is 6.10 Å². The second kappa shape index (κ2) is 4.43. The third kappa shape index (κ3) is 1.70. The van der Waals surface area contributed by atoms with Crippen molar-refractivity contribution in [1.29, 1.82) is 0 Å². The van der Waals surface area contributed by atoms with E-state index in [0.717, 1.165) is 43.4 Å². The number of aliphatic hydroxyl groups excluding tert-OH is 1. The van der Waals surface area contributed by atoms with E-state index in [2.05, 4.69) is 6.92 Å². The van der Waals surface area contributed by atoms with Crippen molar-refractivity contribution in [2.24, 2.45) is 29.1 Å². The van der Waals surface area contributed by atoms with E-state index in [1.54, 1.807) is 0 Å². The van der Waals surface area contributed by atoms with Crippen LogP contribution >= 0.6 is 0 Å². The van der Waals surface area contributed by atoms with Crippen LogP contribution in [-0.4, -0.2) is 17.0 Å². The first kappa shape index (κ1) is 13.1. The Morgan fingerprint density at radius 1 is 1.10 bits per heavy atom. The van der Waals surface area contributed by atoms with Crippen LogP contribution in [0.3, 0.4) is 0 Å². The van der Waals surface area contributed by atoms with Crippen molar-refractivity contribution < 1.29 is 9.90 Å². The molecule has 4 rings (SSSR count). The van der Waals surface area contributed by atoms with E-state index in [-0.39, 0.29) is 11.5 Å². The van der Waals surface area contributed by atoms with E-state index in [0.29, 0.717) is 11.7 Å². The molecule has 2 heteroatoms. The van der Waals surface area contributed by atoms with Crippen molar-refractivity contribution in [1.82, 2.24) is 0 Å². The maximum Gasteiger partial charge on any atom is 0.155 e. The summed E-state index contributed by atoms with van der Waals surface area (Å²) in [6.07, 6.45) is 10.9. The Bertz CT molecular complexity index is 466. The quantitative estimate of drug-likeness (QED) is 0.734. The van der Waals surface area contributed by atoms with Crippen LogP contribution < -0.4 is 0 Å². The highest BCUT2D eigenvalue weighted by atomic mass is 16.3. The molecule has 110 valence electrons. The van der Waals surface area contributed by atoms with Crippen molar-refractivity contribution in [3.8, 4) is 0 Å². The zero-order valence-electron chi connectivity index (χ0n) is 12.5. The number of hydrogen-bond donors (Lipinski definition) is 1. The maximum atomic E-state index is 11.6. The molecule has 0 unspecified atom stereocenters. The molecule has 0 aromatic heterocycles. The molecule has 0 bridgehead atoms. The third-order valence-corrected chi connectivity index (χ3v) is 7.25. The van der Waals surface area contributed by atoms with Gasteiger partial charge >= 0.3 is 0 Å². The van der Waals surface area contributed by atoms with Gasteiger partial charge < -0.3 is 5.11 Å². The van der Waals surface area contributed by atoms with E-state index in [1.165, 1.54) is 31.3 Å². The average molecular weight is 274 g/mol. The molecule has 0 saturated heterocycles. The molecule has 0 radical (unpaired) electrons. The minimum absolute atomic E-state index is 0.0710. The summed E-state index contributed by atoms with van der Waals surface area (Å²) in [7, 11) is 0. The fraction of sp³-hybridized carbons (Fsp3) is 0.833. The first-order chi connectivity index (χ1) is 9.59. The highest BCUT2D eigenvalue weighted by molar-refractivity contribution is 5.91. The molecular weight excluding hydrogens is 248 g/mol. The summed E-state index contributed by atoms with van der Waals surface area (Å²) in [4.78, 5) is 11.6. The van der Waals surface area contributed by atoms with Crippen LogP contribution in [0.1, 0.15) is 58.3 Å². The fourth-order valence-electron chi connectivity index (χ4n) is 6.15. The minimum Gasteiger partial charge on any atom is -0.393 e. The molecule has 4 aliphatic rings. The van der Waals surface area contributed by atoms with Gasteiger partial charge in [0.2, 0.25) is 0 Å². The number of fused-ring (bicyclic) bond motifs is 5. The van der Waals surface area contributed by atoms with E-state index >= 15 is 0 Å². The number of ketones is 1. The van der Waals surface area contributed by atoms with Crippen molar-refractivity contribution in [2.45, 2.75) is 64.4 Å². The highest BCUT2D eigenvalue weighted by Gasteiger charge is 2.55. The van der Waals surface area contributed by atoms with Gasteiger partial charge in [-0.25, -0.2) is 0 Å². The zero-order chi connectivity index (χ0) is 13.9. The summed E-state index contributed by atoms with van der Waals surface area (Å²) in [5.74, 6) is 3.38. The van der Waals surface area contributed by atoms with Gasteiger partial charge in [-0.05, 0) is 80.1 Å². The number of allylic oxidation sites excluding steroid dienone is 1. The summed E-state index contributed by atoms with van der Waals surface area (Å²) in [5.41, 5.74) is 1.65. The lowest BCUT2D eigenvalue weighted by Crippen LogP contribution is -2.47. The molecule has 0 aromatic rings. The number of carbonyl (C=O) groups is 1. The Kier molecular flexibility index (Phi) is 2.89. The van der Waals surface area contributed by atoms with E-state index < -0.39 is 0 Å². The Morgan fingerprint density at radius 2 is 1.95 bits per heavy atom. The number of aliphatic hydroxyl groups is 1. The maximum absolute atomic E-state index is 11.6. The molecule has 0 aliphatic heterocycles. The highest BCUT2D eigenvalue weighted by Crippen LogP contribution is 2.61. The van der Waals surface area contributed by atoms with Gasteiger partial charge in [-0.1, -0.05) is 12.5 Å². The molecule has 0 amide bonds. The lowest BCUT2D eigenvalue weighted by atomic mass is 9.52. The van der Waals surface area contributed by atoms with Crippen molar-refractivity contribution in [2.75, 3.05) is 0 Å². The van der Waals surface area contributed by atoms with Crippen LogP contribution in [0.4, 0.5) is 0 Å². The topological polar surface area (TPSA) is 37.3 Å². The Morgan fingerprint density at radius 3 is 2.80 bits per heavy atom. The number of carbonyl (C=O) groups excluding carboxylic acids is 1. The second-order valence-corrected chi connectivity index (χ2v) is 7.94. The molecule has 0 aromatic carbocycles. The number of hydrogen-bond acceptors (Lipinski definition) is 2. The molecule has 1 N–H and O–H groups in total. The molecule has 0 spiro atoms. The summed E-state index contributed by atoms with van der Waals surface area (Å²) in [6.45, 7) is 2.33. The predicted molar refractivity (Wildman–Crippen MR) is 78.1 cm³/mol. The smallest absolute Gasteiger partial charge is 0.155 e. The molecule has 6 atom stereocenters. The molecule has 20 heavy (non-hydrogen) atoms. The van der Waals surface area contributed by atoms with E-state index in [4.69, 9.17) is 0 Å². The Hall–Kier alpha value is -0.630. The van der Waals surface area contributed by atoms with Crippen molar-refractivity contribution >= 4 is 5.78 Å². The van der Waals surface area contributed by atoms with Crippen LogP contribution in [0.5, 0.6) is 0 Å². The van der Waals surface area contributed by atoms with Crippen LogP contribution in [0, 0.1) is 29.1 Å². The molecule has 3 saturated carbocycles. The van der Waals surface area contributed by atoms with Gasteiger partial charge in [0.25, 0.3) is 0 Å². The third-order valence-electron chi connectivity index (χ3n) is 7.25. The number of rotatable bonds is 0. The summed E-state index contributed by atoms with van der Waals surface area (Å²) >= 11 is 0. The summed E-state index contributed by atoms with van der Waals surface area (Å²) in [6, 6.07) is 0.